The second-order valence-electron chi connectivity index (χ2n) is 5.53. The van der Waals surface area contributed by atoms with E-state index in [1.54, 1.807) is 7.11 Å². The van der Waals surface area contributed by atoms with Crippen LogP contribution in [0.25, 0.3) is 0 Å². The van der Waals surface area contributed by atoms with Crippen LogP contribution in [0.3, 0.4) is 0 Å². The van der Waals surface area contributed by atoms with Gasteiger partial charge in [-0.1, -0.05) is 12.1 Å². The average Bonchev–Trinajstić information content (AvgIpc) is 2.36. The van der Waals surface area contributed by atoms with E-state index in [4.69, 9.17) is 15.2 Å². The summed E-state index contributed by atoms with van der Waals surface area (Å²) in [6.45, 7) is 6.48. The first-order valence-corrected chi connectivity index (χ1v) is 6.68. The smallest absolute Gasteiger partial charge is 0.407 e. The van der Waals surface area contributed by atoms with E-state index in [9.17, 15) is 4.79 Å². The van der Waals surface area contributed by atoms with Crippen molar-refractivity contribution in [3.8, 4) is 5.75 Å². The lowest BCUT2D eigenvalue weighted by Gasteiger charge is -2.19. The molecular weight excluding hydrogens is 256 g/mol. The number of rotatable bonds is 5. The normalized spacial score (nSPS) is 11.1. The molecule has 1 rings (SSSR count). The molecule has 0 aliphatic carbocycles. The molecule has 3 N–H and O–H groups in total. The van der Waals surface area contributed by atoms with Crippen LogP contribution in [0.2, 0.25) is 0 Å². The Bertz CT molecular complexity index is 453. The number of alkyl carbamates (subject to hydrolysis) is 1. The van der Waals surface area contributed by atoms with Crippen molar-refractivity contribution in [2.75, 3.05) is 13.7 Å². The van der Waals surface area contributed by atoms with Gasteiger partial charge >= 0.3 is 6.09 Å². The quantitative estimate of drug-likeness (QED) is 0.867. The Morgan fingerprint density at radius 1 is 1.35 bits per heavy atom. The van der Waals surface area contributed by atoms with Crippen LogP contribution in [0.1, 0.15) is 31.9 Å². The second kappa shape index (κ2) is 7.14. The number of nitrogens with two attached hydrogens (primary N) is 1. The van der Waals surface area contributed by atoms with Crippen molar-refractivity contribution in [3.05, 3.63) is 29.3 Å². The Balaban J connectivity index is 2.52. The van der Waals surface area contributed by atoms with Gasteiger partial charge in [0.2, 0.25) is 0 Å². The van der Waals surface area contributed by atoms with Crippen molar-refractivity contribution >= 4 is 6.09 Å². The Labute approximate surface area is 120 Å². The summed E-state index contributed by atoms with van der Waals surface area (Å²) < 4.78 is 10.5. The molecule has 112 valence electrons. The van der Waals surface area contributed by atoms with Crippen molar-refractivity contribution < 1.29 is 14.3 Å². The summed E-state index contributed by atoms with van der Waals surface area (Å²) >= 11 is 0. The third-order valence-corrected chi connectivity index (χ3v) is 2.65. The number of ether oxygens (including phenoxy) is 2. The highest BCUT2D eigenvalue weighted by molar-refractivity contribution is 5.67. The van der Waals surface area contributed by atoms with E-state index < -0.39 is 11.7 Å². The van der Waals surface area contributed by atoms with E-state index in [-0.39, 0.29) is 0 Å². The maximum Gasteiger partial charge on any atom is 0.407 e. The molecule has 0 saturated heterocycles. The Morgan fingerprint density at radius 3 is 2.60 bits per heavy atom. The van der Waals surface area contributed by atoms with Crippen LogP contribution in [-0.2, 0) is 17.7 Å². The molecule has 0 fully saturated rings. The molecular formula is C15H24N2O3. The van der Waals surface area contributed by atoms with Gasteiger partial charge in [-0.25, -0.2) is 4.79 Å². The van der Waals surface area contributed by atoms with Gasteiger partial charge in [0, 0.05) is 13.1 Å². The van der Waals surface area contributed by atoms with Gasteiger partial charge in [0.25, 0.3) is 0 Å². The summed E-state index contributed by atoms with van der Waals surface area (Å²) in [6, 6.07) is 5.85. The van der Waals surface area contributed by atoms with Gasteiger partial charge in [-0.2, -0.15) is 0 Å². The summed E-state index contributed by atoms with van der Waals surface area (Å²) in [7, 11) is 1.63. The topological polar surface area (TPSA) is 73.6 Å². The largest absolute Gasteiger partial charge is 0.496 e. The molecule has 0 heterocycles. The van der Waals surface area contributed by atoms with Gasteiger partial charge in [0.05, 0.1) is 7.11 Å². The highest BCUT2D eigenvalue weighted by Gasteiger charge is 2.15. The predicted octanol–water partition coefficient (Wildman–Crippen LogP) is 2.22. The molecule has 0 saturated carbocycles. The maximum atomic E-state index is 11.5. The van der Waals surface area contributed by atoms with Gasteiger partial charge in [-0.3, -0.25) is 0 Å². The molecule has 20 heavy (non-hydrogen) atoms. The lowest BCUT2D eigenvalue weighted by atomic mass is 10.1. The van der Waals surface area contributed by atoms with Gasteiger partial charge in [0.1, 0.15) is 11.4 Å². The van der Waals surface area contributed by atoms with E-state index in [0.717, 1.165) is 16.9 Å². The molecule has 0 aliphatic rings. The van der Waals surface area contributed by atoms with Gasteiger partial charge in [-0.15, -0.1) is 0 Å². The molecule has 1 aromatic carbocycles. The molecule has 0 aromatic heterocycles. The lowest BCUT2D eigenvalue weighted by Crippen LogP contribution is -2.33. The van der Waals surface area contributed by atoms with E-state index in [1.807, 2.05) is 39.0 Å². The molecule has 0 atom stereocenters. The molecule has 0 aliphatic heterocycles. The van der Waals surface area contributed by atoms with Crippen molar-refractivity contribution in [3.63, 3.8) is 0 Å². The number of nitrogens with one attached hydrogen (secondary N) is 1. The number of benzene rings is 1. The zero-order valence-corrected chi connectivity index (χ0v) is 12.7. The Hall–Kier alpha value is -1.75. The third kappa shape index (κ3) is 5.48. The number of methoxy groups -OCH3 is 1. The van der Waals surface area contributed by atoms with E-state index in [2.05, 4.69) is 5.32 Å². The summed E-state index contributed by atoms with van der Waals surface area (Å²) in [4.78, 5) is 11.5. The number of carbonyl (C=O) groups is 1. The first-order valence-electron chi connectivity index (χ1n) is 6.68. The first kappa shape index (κ1) is 16.3. The lowest BCUT2D eigenvalue weighted by molar-refractivity contribution is 0.0528. The van der Waals surface area contributed by atoms with Crippen molar-refractivity contribution in [1.29, 1.82) is 0 Å². The summed E-state index contributed by atoms with van der Waals surface area (Å²) in [5, 5.41) is 2.73. The summed E-state index contributed by atoms with van der Waals surface area (Å²) in [5.74, 6) is 0.791. The summed E-state index contributed by atoms with van der Waals surface area (Å²) in [5.41, 5.74) is 7.16. The average molecular weight is 280 g/mol. The molecule has 5 nitrogen and oxygen atoms in total. The molecule has 0 spiro atoms. The molecule has 0 bridgehead atoms. The number of carbonyl (C=O) groups excluding carboxylic acids is 1. The molecule has 5 heteroatoms. The van der Waals surface area contributed by atoms with Gasteiger partial charge < -0.3 is 20.5 Å². The Kier molecular flexibility index (Phi) is 5.82. The van der Waals surface area contributed by atoms with Crippen LogP contribution in [0, 0.1) is 0 Å². The van der Waals surface area contributed by atoms with Crippen LogP contribution in [0.5, 0.6) is 5.75 Å². The highest BCUT2D eigenvalue weighted by Crippen LogP contribution is 2.20. The van der Waals surface area contributed by atoms with E-state index in [1.165, 1.54) is 0 Å². The summed E-state index contributed by atoms with van der Waals surface area (Å²) in [6.07, 6.45) is 0.267. The van der Waals surface area contributed by atoms with Crippen LogP contribution in [0.4, 0.5) is 4.79 Å². The van der Waals surface area contributed by atoms with Crippen molar-refractivity contribution in [2.24, 2.45) is 5.73 Å². The zero-order valence-electron chi connectivity index (χ0n) is 12.7. The zero-order chi connectivity index (χ0) is 15.2. The van der Waals surface area contributed by atoms with Crippen LogP contribution >= 0.6 is 0 Å². The van der Waals surface area contributed by atoms with Crippen LogP contribution < -0.4 is 15.8 Å². The van der Waals surface area contributed by atoms with Crippen molar-refractivity contribution in [2.45, 2.75) is 39.3 Å². The van der Waals surface area contributed by atoms with Crippen LogP contribution in [0.15, 0.2) is 18.2 Å². The fourth-order valence-corrected chi connectivity index (χ4v) is 1.74. The minimum atomic E-state index is -0.482. The van der Waals surface area contributed by atoms with Gasteiger partial charge in [-0.05, 0) is 44.4 Å². The van der Waals surface area contributed by atoms with Gasteiger partial charge in [0.15, 0.2) is 0 Å². The molecule has 0 unspecified atom stereocenters. The second-order valence-corrected chi connectivity index (χ2v) is 5.53. The fourth-order valence-electron chi connectivity index (χ4n) is 1.74. The minimum absolute atomic E-state index is 0.407. The molecule has 0 radical (unpaired) electrons. The molecule has 1 amide bonds. The third-order valence-electron chi connectivity index (χ3n) is 2.65. The Morgan fingerprint density at radius 2 is 2.05 bits per heavy atom. The van der Waals surface area contributed by atoms with Crippen molar-refractivity contribution in [1.82, 2.24) is 5.32 Å². The minimum Gasteiger partial charge on any atom is -0.496 e. The monoisotopic (exact) mass is 280 g/mol. The maximum absolute atomic E-state index is 11.5. The fraction of sp³-hybridized carbons (Fsp3) is 0.533. The van der Waals surface area contributed by atoms with Crippen LogP contribution in [-0.4, -0.2) is 25.3 Å². The number of hydrogen-bond acceptors (Lipinski definition) is 4. The van der Waals surface area contributed by atoms with E-state index in [0.29, 0.717) is 19.5 Å². The predicted molar refractivity (Wildman–Crippen MR) is 78.8 cm³/mol. The molecule has 1 aromatic rings. The SMILES string of the molecule is COc1cc(CN)ccc1CCNC(=O)OC(C)(C)C. The highest BCUT2D eigenvalue weighted by atomic mass is 16.6. The standard InChI is InChI=1S/C15H24N2O3/c1-15(2,3)20-14(18)17-8-7-12-6-5-11(10-16)9-13(12)19-4/h5-6,9H,7-8,10,16H2,1-4H3,(H,17,18). The van der Waals surface area contributed by atoms with E-state index >= 15 is 0 Å². The number of hydrogen-bond donors (Lipinski definition) is 2. The first-order chi connectivity index (χ1) is 9.35. The number of amides is 1.